The lowest BCUT2D eigenvalue weighted by Crippen LogP contribution is -2.20. The van der Waals surface area contributed by atoms with E-state index in [0.29, 0.717) is 22.1 Å². The number of halogens is 2. The molecule has 0 unspecified atom stereocenters. The first-order valence-corrected chi connectivity index (χ1v) is 8.60. The maximum absolute atomic E-state index is 13.0. The summed E-state index contributed by atoms with van der Waals surface area (Å²) >= 11 is 7.14. The van der Waals surface area contributed by atoms with Gasteiger partial charge in [0.05, 0.1) is 29.5 Å². The van der Waals surface area contributed by atoms with Gasteiger partial charge in [-0.05, 0) is 18.2 Å². The molecule has 0 fully saturated rings. The van der Waals surface area contributed by atoms with E-state index in [4.69, 9.17) is 25.8 Å². The molecule has 0 aliphatic heterocycles. The lowest BCUT2D eigenvalue weighted by atomic mass is 10.3. The highest BCUT2D eigenvalue weighted by atomic mass is 35.5. The molecule has 6 nitrogen and oxygen atoms in total. The first kappa shape index (κ1) is 18.2. The average molecular weight is 397 g/mol. The molecule has 1 N–H and O–H groups in total. The van der Waals surface area contributed by atoms with Crippen LogP contribution in [-0.2, 0) is 4.79 Å². The number of benzene rings is 2. The van der Waals surface area contributed by atoms with E-state index in [2.05, 4.69) is 10.3 Å². The first-order valence-electron chi connectivity index (χ1n) is 7.40. The van der Waals surface area contributed by atoms with Gasteiger partial charge in [0.15, 0.2) is 23.2 Å². The summed E-state index contributed by atoms with van der Waals surface area (Å²) in [6.07, 6.45) is 0. The quantitative estimate of drug-likeness (QED) is 0.678. The summed E-state index contributed by atoms with van der Waals surface area (Å²) < 4.78 is 29.6. The second-order valence-electron chi connectivity index (χ2n) is 5.11. The van der Waals surface area contributed by atoms with Gasteiger partial charge in [-0.3, -0.25) is 10.1 Å². The number of fused-ring (bicyclic) bond motifs is 1. The molecule has 1 heterocycles. The van der Waals surface area contributed by atoms with Gasteiger partial charge in [0.2, 0.25) is 0 Å². The predicted octanol–water partition coefficient (Wildman–Crippen LogP) is 4.12. The Morgan fingerprint density at radius 1 is 1.19 bits per heavy atom. The molecule has 1 amide bonds. The second kappa shape index (κ2) is 7.76. The minimum Gasteiger partial charge on any atom is -0.493 e. The van der Waals surface area contributed by atoms with E-state index >= 15 is 0 Å². The number of anilines is 1. The fourth-order valence-electron chi connectivity index (χ4n) is 2.20. The summed E-state index contributed by atoms with van der Waals surface area (Å²) in [6.45, 7) is -0.284. The van der Waals surface area contributed by atoms with Crippen molar-refractivity contribution >= 4 is 44.2 Å². The summed E-state index contributed by atoms with van der Waals surface area (Å²) in [7, 11) is 3.09. The molecule has 0 aliphatic rings. The Bertz CT molecular complexity index is 922. The van der Waals surface area contributed by atoms with Gasteiger partial charge >= 0.3 is 0 Å². The molecule has 9 heteroatoms. The standard InChI is InChI=1S/C17H14ClFN2O4S/c1-23-13-6-11-15(7-14(13)24-2)26-17(20-11)21-16(22)8-25-12-4-3-9(19)5-10(12)18/h3-7H,8H2,1-2H3,(H,20,21,22). The predicted molar refractivity (Wildman–Crippen MR) is 98.3 cm³/mol. The molecule has 0 spiro atoms. The van der Waals surface area contributed by atoms with Crippen molar-refractivity contribution in [2.75, 3.05) is 26.1 Å². The summed E-state index contributed by atoms with van der Waals surface area (Å²) in [5.41, 5.74) is 0.672. The largest absolute Gasteiger partial charge is 0.493 e. The maximum atomic E-state index is 13.0. The van der Waals surface area contributed by atoms with E-state index < -0.39 is 11.7 Å². The van der Waals surface area contributed by atoms with Gasteiger partial charge in [0, 0.05) is 12.1 Å². The van der Waals surface area contributed by atoms with E-state index in [0.717, 1.165) is 10.8 Å². The smallest absolute Gasteiger partial charge is 0.264 e. The van der Waals surface area contributed by atoms with Crippen LogP contribution in [0.1, 0.15) is 0 Å². The normalized spacial score (nSPS) is 10.6. The molecule has 0 atom stereocenters. The van der Waals surface area contributed by atoms with Gasteiger partial charge in [-0.2, -0.15) is 0 Å². The Morgan fingerprint density at radius 2 is 1.92 bits per heavy atom. The highest BCUT2D eigenvalue weighted by Crippen LogP contribution is 2.36. The summed E-state index contributed by atoms with van der Waals surface area (Å²) in [5.74, 6) is 0.464. The minimum atomic E-state index is -0.480. The van der Waals surface area contributed by atoms with Crippen LogP contribution in [0.4, 0.5) is 9.52 Å². The molecule has 3 aromatic rings. The van der Waals surface area contributed by atoms with Crippen molar-refractivity contribution in [3.63, 3.8) is 0 Å². The van der Waals surface area contributed by atoms with Gasteiger partial charge in [-0.15, -0.1) is 0 Å². The van der Waals surface area contributed by atoms with Crippen molar-refractivity contribution in [1.82, 2.24) is 4.98 Å². The summed E-state index contributed by atoms with van der Waals surface area (Å²) in [6, 6.07) is 7.20. The van der Waals surface area contributed by atoms with Crippen molar-refractivity contribution in [1.29, 1.82) is 0 Å². The van der Waals surface area contributed by atoms with Crippen molar-refractivity contribution in [3.8, 4) is 17.2 Å². The molecule has 0 saturated heterocycles. The zero-order valence-electron chi connectivity index (χ0n) is 13.8. The van der Waals surface area contributed by atoms with Crippen LogP contribution in [0.25, 0.3) is 10.2 Å². The fourth-order valence-corrected chi connectivity index (χ4v) is 3.31. The van der Waals surface area contributed by atoms with Gasteiger partial charge in [-0.1, -0.05) is 22.9 Å². The molecule has 136 valence electrons. The third-order valence-corrected chi connectivity index (χ3v) is 4.62. The van der Waals surface area contributed by atoms with Crippen LogP contribution >= 0.6 is 22.9 Å². The molecule has 0 saturated carbocycles. The number of carbonyl (C=O) groups excluding carboxylic acids is 1. The van der Waals surface area contributed by atoms with Crippen LogP contribution < -0.4 is 19.5 Å². The third kappa shape index (κ3) is 3.97. The van der Waals surface area contributed by atoms with Gasteiger partial charge in [-0.25, -0.2) is 9.37 Å². The number of amides is 1. The number of hydrogen-bond donors (Lipinski definition) is 1. The molecule has 0 aliphatic carbocycles. The number of aromatic nitrogens is 1. The van der Waals surface area contributed by atoms with Crippen LogP contribution in [0.2, 0.25) is 5.02 Å². The fraction of sp³-hybridized carbons (Fsp3) is 0.176. The Kier molecular flexibility index (Phi) is 5.43. The molecular formula is C17H14ClFN2O4S. The topological polar surface area (TPSA) is 69.7 Å². The zero-order chi connectivity index (χ0) is 18.7. The summed E-state index contributed by atoms with van der Waals surface area (Å²) in [5, 5.41) is 3.16. The molecule has 3 rings (SSSR count). The molecule has 2 aromatic carbocycles. The number of carbonyl (C=O) groups is 1. The number of nitrogens with zero attached hydrogens (tertiary/aromatic N) is 1. The Hall–Kier alpha value is -2.58. The molecule has 0 radical (unpaired) electrons. The van der Waals surface area contributed by atoms with Gasteiger partial charge in [0.25, 0.3) is 5.91 Å². The van der Waals surface area contributed by atoms with E-state index in [1.54, 1.807) is 19.2 Å². The second-order valence-corrected chi connectivity index (χ2v) is 6.54. The highest BCUT2D eigenvalue weighted by molar-refractivity contribution is 7.22. The van der Waals surface area contributed by atoms with Crippen LogP contribution in [-0.4, -0.2) is 31.7 Å². The minimum absolute atomic E-state index is 0.0944. The van der Waals surface area contributed by atoms with Crippen LogP contribution in [0.15, 0.2) is 30.3 Å². The molecular weight excluding hydrogens is 383 g/mol. The molecule has 26 heavy (non-hydrogen) atoms. The number of methoxy groups -OCH3 is 2. The highest BCUT2D eigenvalue weighted by Gasteiger charge is 2.13. The molecule has 1 aromatic heterocycles. The van der Waals surface area contributed by atoms with E-state index in [1.807, 2.05) is 0 Å². The van der Waals surface area contributed by atoms with E-state index in [9.17, 15) is 9.18 Å². The van der Waals surface area contributed by atoms with Gasteiger partial charge < -0.3 is 14.2 Å². The average Bonchev–Trinajstić information content (AvgIpc) is 3.00. The lowest BCUT2D eigenvalue weighted by molar-refractivity contribution is -0.118. The maximum Gasteiger partial charge on any atom is 0.264 e. The van der Waals surface area contributed by atoms with E-state index in [1.165, 1.54) is 30.6 Å². The lowest BCUT2D eigenvalue weighted by Gasteiger charge is -2.07. The Morgan fingerprint density at radius 3 is 2.62 bits per heavy atom. The van der Waals surface area contributed by atoms with Crippen molar-refractivity contribution in [2.24, 2.45) is 0 Å². The van der Waals surface area contributed by atoms with E-state index in [-0.39, 0.29) is 17.4 Å². The third-order valence-electron chi connectivity index (χ3n) is 3.39. The molecule has 0 bridgehead atoms. The van der Waals surface area contributed by atoms with Gasteiger partial charge in [0.1, 0.15) is 11.6 Å². The zero-order valence-corrected chi connectivity index (χ0v) is 15.4. The first-order chi connectivity index (χ1) is 12.5. The number of rotatable bonds is 6. The monoisotopic (exact) mass is 396 g/mol. The SMILES string of the molecule is COc1cc2nc(NC(=O)COc3ccc(F)cc3Cl)sc2cc1OC. The number of ether oxygens (including phenoxy) is 3. The van der Waals surface area contributed by atoms with Crippen LogP contribution in [0.3, 0.4) is 0 Å². The van der Waals surface area contributed by atoms with Crippen LogP contribution in [0, 0.1) is 5.82 Å². The number of thiazole rings is 1. The van der Waals surface area contributed by atoms with Crippen LogP contribution in [0.5, 0.6) is 17.2 Å². The Balaban J connectivity index is 1.69. The van der Waals surface area contributed by atoms with Crippen molar-refractivity contribution in [3.05, 3.63) is 41.2 Å². The Labute approximate surface area is 157 Å². The van der Waals surface area contributed by atoms with Crippen molar-refractivity contribution in [2.45, 2.75) is 0 Å². The summed E-state index contributed by atoms with van der Waals surface area (Å²) in [4.78, 5) is 16.4. The van der Waals surface area contributed by atoms with Crippen molar-refractivity contribution < 1.29 is 23.4 Å². The number of nitrogens with one attached hydrogen (secondary N) is 1. The number of hydrogen-bond acceptors (Lipinski definition) is 6.